The van der Waals surface area contributed by atoms with E-state index in [0.29, 0.717) is 11.3 Å². The Bertz CT molecular complexity index is 781. The van der Waals surface area contributed by atoms with Crippen molar-refractivity contribution < 1.29 is 9.90 Å². The van der Waals surface area contributed by atoms with Crippen molar-refractivity contribution in [2.24, 2.45) is 0 Å². The van der Waals surface area contributed by atoms with Gasteiger partial charge in [0.2, 0.25) is 0 Å². The van der Waals surface area contributed by atoms with E-state index < -0.39 is 5.97 Å². The lowest BCUT2D eigenvalue weighted by atomic mass is 10.1. The van der Waals surface area contributed by atoms with E-state index in [4.69, 9.17) is 5.11 Å². The molecule has 2 aromatic heterocycles. The monoisotopic (exact) mass is 254 g/mol. The first-order valence-corrected chi connectivity index (χ1v) is 6.07. The maximum Gasteiger partial charge on any atom is 0.337 e. The van der Waals surface area contributed by atoms with Crippen LogP contribution in [-0.4, -0.2) is 21.0 Å². The highest BCUT2D eigenvalue weighted by Crippen LogP contribution is 2.27. The number of carbonyl (C=O) groups is 1. The van der Waals surface area contributed by atoms with Crippen molar-refractivity contribution in [1.82, 2.24) is 9.97 Å². The molecule has 0 bridgehead atoms. The summed E-state index contributed by atoms with van der Waals surface area (Å²) in [6, 6.07) is 7.74. The van der Waals surface area contributed by atoms with Gasteiger partial charge < -0.3 is 15.1 Å². The third-order valence-electron chi connectivity index (χ3n) is 3.44. The topological polar surface area (TPSA) is 68.9 Å². The molecule has 0 aliphatic carbocycles. The van der Waals surface area contributed by atoms with Crippen LogP contribution in [-0.2, 0) is 0 Å². The summed E-state index contributed by atoms with van der Waals surface area (Å²) in [4.78, 5) is 17.4. The average Bonchev–Trinajstić information content (AvgIpc) is 2.93. The Kier molecular flexibility index (Phi) is 2.45. The maximum absolute atomic E-state index is 11.1. The van der Waals surface area contributed by atoms with Crippen LogP contribution in [0.5, 0.6) is 0 Å². The molecule has 0 amide bonds. The van der Waals surface area contributed by atoms with Crippen LogP contribution in [0.4, 0.5) is 0 Å². The van der Waals surface area contributed by atoms with Crippen molar-refractivity contribution in [3.05, 3.63) is 47.3 Å². The second kappa shape index (κ2) is 4.02. The van der Waals surface area contributed by atoms with Gasteiger partial charge in [0.15, 0.2) is 0 Å². The molecule has 0 saturated heterocycles. The number of hydrogen-bond acceptors (Lipinski definition) is 1. The minimum absolute atomic E-state index is 0.320. The van der Waals surface area contributed by atoms with Crippen molar-refractivity contribution in [2.75, 3.05) is 0 Å². The fraction of sp³-hybridized carbons (Fsp3) is 0.133. The van der Waals surface area contributed by atoms with Crippen LogP contribution in [0, 0.1) is 13.8 Å². The number of rotatable bonds is 2. The highest BCUT2D eigenvalue weighted by molar-refractivity contribution is 5.92. The summed E-state index contributed by atoms with van der Waals surface area (Å²) in [5.74, 6) is -0.904. The van der Waals surface area contributed by atoms with Gasteiger partial charge in [-0.1, -0.05) is 6.07 Å². The number of carboxylic acid groups (broad SMARTS) is 1. The number of H-pyrrole nitrogens is 2. The summed E-state index contributed by atoms with van der Waals surface area (Å²) in [7, 11) is 0. The highest BCUT2D eigenvalue weighted by atomic mass is 16.4. The van der Waals surface area contributed by atoms with Gasteiger partial charge in [-0.05, 0) is 43.2 Å². The highest BCUT2D eigenvalue weighted by Gasteiger charge is 2.12. The van der Waals surface area contributed by atoms with E-state index in [1.807, 2.05) is 25.3 Å². The summed E-state index contributed by atoms with van der Waals surface area (Å²) in [6.07, 6.45) is 1.97. The molecule has 4 nitrogen and oxygen atoms in total. The molecule has 2 heterocycles. The molecule has 19 heavy (non-hydrogen) atoms. The van der Waals surface area contributed by atoms with Gasteiger partial charge in [0.1, 0.15) is 0 Å². The Labute approximate surface area is 110 Å². The van der Waals surface area contributed by atoms with E-state index in [9.17, 15) is 4.79 Å². The first kappa shape index (κ1) is 11.6. The third-order valence-corrected chi connectivity index (χ3v) is 3.44. The Balaban J connectivity index is 2.15. The van der Waals surface area contributed by atoms with Crippen LogP contribution in [0.1, 0.15) is 21.6 Å². The first-order chi connectivity index (χ1) is 9.06. The molecule has 1 aromatic carbocycles. The number of fused-ring (bicyclic) bond motifs is 1. The zero-order valence-electron chi connectivity index (χ0n) is 10.7. The van der Waals surface area contributed by atoms with Gasteiger partial charge >= 0.3 is 5.97 Å². The summed E-state index contributed by atoms with van der Waals surface area (Å²) >= 11 is 0. The Morgan fingerprint density at radius 3 is 2.68 bits per heavy atom. The van der Waals surface area contributed by atoms with Gasteiger partial charge in [-0.25, -0.2) is 4.79 Å². The first-order valence-electron chi connectivity index (χ1n) is 6.07. The third kappa shape index (κ3) is 1.81. The fourth-order valence-electron chi connectivity index (χ4n) is 2.36. The molecule has 3 N–H and O–H groups in total. The van der Waals surface area contributed by atoms with Crippen molar-refractivity contribution in [3.8, 4) is 11.3 Å². The lowest BCUT2D eigenvalue weighted by Gasteiger charge is -1.99. The van der Waals surface area contributed by atoms with Crippen molar-refractivity contribution in [1.29, 1.82) is 0 Å². The predicted octanol–water partition coefficient (Wildman–Crippen LogP) is 3.48. The number of hydrogen-bond donors (Lipinski definition) is 3. The quantitative estimate of drug-likeness (QED) is 0.655. The number of aromatic carboxylic acids is 1. The van der Waals surface area contributed by atoms with E-state index in [2.05, 4.69) is 16.0 Å². The van der Waals surface area contributed by atoms with Crippen LogP contribution in [0.25, 0.3) is 22.2 Å². The van der Waals surface area contributed by atoms with Crippen LogP contribution < -0.4 is 0 Å². The van der Waals surface area contributed by atoms with Crippen LogP contribution >= 0.6 is 0 Å². The molecule has 3 rings (SSSR count). The van der Waals surface area contributed by atoms with E-state index >= 15 is 0 Å². The second-order valence-corrected chi connectivity index (χ2v) is 4.76. The standard InChI is InChI=1S/C15H14N2O2/c1-8-7-16-13-4-3-10(5-11(8)13)14-6-12(15(18)19)9(2)17-14/h3-7,16-17H,1-2H3,(H,18,19). The van der Waals surface area contributed by atoms with Gasteiger partial charge in [0, 0.05) is 28.5 Å². The Morgan fingerprint density at radius 2 is 2.00 bits per heavy atom. The largest absolute Gasteiger partial charge is 0.478 e. The minimum atomic E-state index is -0.904. The SMILES string of the molecule is Cc1[nH]c(-c2ccc3[nH]cc(C)c3c2)cc1C(=O)O. The summed E-state index contributed by atoms with van der Waals surface area (Å²) < 4.78 is 0. The molecule has 4 heteroatoms. The maximum atomic E-state index is 11.1. The normalized spacial score (nSPS) is 11.1. The van der Waals surface area contributed by atoms with Crippen LogP contribution in [0.15, 0.2) is 30.5 Å². The average molecular weight is 254 g/mol. The van der Waals surface area contributed by atoms with Gasteiger partial charge in [-0.15, -0.1) is 0 Å². The summed E-state index contributed by atoms with van der Waals surface area (Å²) in [6.45, 7) is 3.82. The molecular weight excluding hydrogens is 240 g/mol. The molecule has 0 aliphatic rings. The number of aromatic nitrogens is 2. The minimum Gasteiger partial charge on any atom is -0.478 e. The number of carboxylic acids is 1. The number of benzene rings is 1. The van der Waals surface area contributed by atoms with Gasteiger partial charge in [-0.3, -0.25) is 0 Å². The number of nitrogens with one attached hydrogen (secondary N) is 2. The molecule has 0 unspecified atom stereocenters. The van der Waals surface area contributed by atoms with Gasteiger partial charge in [-0.2, -0.15) is 0 Å². The summed E-state index contributed by atoms with van der Waals surface area (Å²) in [5, 5.41) is 10.2. The van der Waals surface area contributed by atoms with Gasteiger partial charge in [0.25, 0.3) is 0 Å². The molecule has 96 valence electrons. The van der Waals surface area contributed by atoms with Gasteiger partial charge in [0.05, 0.1) is 5.56 Å². The van der Waals surface area contributed by atoms with Crippen molar-refractivity contribution in [3.63, 3.8) is 0 Å². The predicted molar refractivity (Wildman–Crippen MR) is 74.5 cm³/mol. The molecular formula is C15H14N2O2. The summed E-state index contributed by atoms with van der Waals surface area (Å²) in [5.41, 5.74) is 5.08. The smallest absolute Gasteiger partial charge is 0.337 e. The van der Waals surface area contributed by atoms with Crippen molar-refractivity contribution in [2.45, 2.75) is 13.8 Å². The van der Waals surface area contributed by atoms with Crippen LogP contribution in [0.2, 0.25) is 0 Å². The second-order valence-electron chi connectivity index (χ2n) is 4.76. The molecule has 0 radical (unpaired) electrons. The zero-order chi connectivity index (χ0) is 13.6. The van der Waals surface area contributed by atoms with E-state index in [1.165, 1.54) is 5.56 Å². The fourth-order valence-corrected chi connectivity index (χ4v) is 2.36. The number of aromatic amines is 2. The Morgan fingerprint density at radius 1 is 1.21 bits per heavy atom. The molecule has 0 spiro atoms. The molecule has 0 fully saturated rings. The molecule has 0 aliphatic heterocycles. The van der Waals surface area contributed by atoms with E-state index in [0.717, 1.165) is 22.2 Å². The van der Waals surface area contributed by atoms with E-state index in [-0.39, 0.29) is 0 Å². The van der Waals surface area contributed by atoms with Crippen LogP contribution in [0.3, 0.4) is 0 Å². The lowest BCUT2D eigenvalue weighted by Crippen LogP contribution is -1.95. The number of aryl methyl sites for hydroxylation is 2. The molecule has 3 aromatic rings. The lowest BCUT2D eigenvalue weighted by molar-refractivity contribution is 0.0696. The van der Waals surface area contributed by atoms with Crippen molar-refractivity contribution >= 4 is 16.9 Å². The Hall–Kier alpha value is -2.49. The molecule has 0 saturated carbocycles. The molecule has 0 atom stereocenters. The zero-order valence-corrected chi connectivity index (χ0v) is 10.7. The van der Waals surface area contributed by atoms with E-state index in [1.54, 1.807) is 13.0 Å².